The molecular formula is C21H25ClF3N3O2S. The molecule has 2 saturated heterocycles. The molecule has 2 heterocycles. The number of piperidine rings is 1. The Bertz CT molecular complexity index is 889. The zero-order chi connectivity index (χ0) is 22.8. The van der Waals surface area contributed by atoms with Crippen molar-refractivity contribution in [2.45, 2.75) is 45.0 Å². The summed E-state index contributed by atoms with van der Waals surface area (Å²) in [6.45, 7) is 5.54. The lowest BCUT2D eigenvalue weighted by molar-refractivity contribution is -0.137. The highest BCUT2D eigenvalue weighted by molar-refractivity contribution is 8.18. The normalized spacial score (nSPS) is 21.8. The zero-order valence-corrected chi connectivity index (χ0v) is 18.9. The van der Waals surface area contributed by atoms with E-state index in [1.165, 1.54) is 6.07 Å². The molecular weight excluding hydrogens is 451 g/mol. The van der Waals surface area contributed by atoms with Gasteiger partial charge in [-0.05, 0) is 75.2 Å². The van der Waals surface area contributed by atoms with E-state index < -0.39 is 17.3 Å². The Labute approximate surface area is 188 Å². The Morgan fingerprint density at radius 3 is 2.58 bits per heavy atom. The minimum atomic E-state index is -4.41. The minimum Gasteiger partial charge on any atom is -0.389 e. The van der Waals surface area contributed by atoms with E-state index in [2.05, 4.69) is 15.2 Å². The standard InChI is InChI=1S/C21H25ClF3N3O2S/c1-20(2,30)12-26-18-17(31-19(29)27-18)9-13-5-7-28(8-6-13)11-14-3-4-15(10-16(14)22)21(23,24)25/h3-4,9-10,13,30H,5-8,11-12H2,1-2H3,(H,26,27,29)/b17-9-. The minimum absolute atomic E-state index is 0.124. The SMILES string of the molecule is CC(C)(O)CN=C1NC(=O)S/C1=C\C1CCN(Cc2ccc(C(F)(F)F)cc2Cl)CC1. The smallest absolute Gasteiger partial charge is 0.389 e. The summed E-state index contributed by atoms with van der Waals surface area (Å²) in [6.07, 6.45) is -0.642. The first-order valence-electron chi connectivity index (χ1n) is 9.96. The number of thioether (sulfide) groups is 1. The summed E-state index contributed by atoms with van der Waals surface area (Å²) in [5, 5.41) is 12.5. The molecule has 2 aliphatic heterocycles. The van der Waals surface area contributed by atoms with Crippen molar-refractivity contribution in [3.63, 3.8) is 0 Å². The number of carbonyl (C=O) groups is 1. The van der Waals surface area contributed by atoms with E-state index in [9.17, 15) is 23.1 Å². The Balaban J connectivity index is 1.59. The van der Waals surface area contributed by atoms with Crippen LogP contribution < -0.4 is 5.32 Å². The second-order valence-electron chi connectivity index (χ2n) is 8.44. The molecule has 0 atom stereocenters. The molecule has 2 fully saturated rings. The summed E-state index contributed by atoms with van der Waals surface area (Å²) in [6, 6.07) is 3.48. The maximum atomic E-state index is 12.8. The lowest BCUT2D eigenvalue weighted by Gasteiger charge is -2.31. The van der Waals surface area contributed by atoms with Crippen LogP contribution in [-0.2, 0) is 12.7 Å². The number of nitrogens with zero attached hydrogens (tertiary/aromatic N) is 2. The van der Waals surface area contributed by atoms with Crippen molar-refractivity contribution < 1.29 is 23.1 Å². The molecule has 31 heavy (non-hydrogen) atoms. The summed E-state index contributed by atoms with van der Waals surface area (Å²) >= 11 is 7.18. The molecule has 2 N–H and O–H groups in total. The maximum Gasteiger partial charge on any atom is 0.416 e. The number of benzene rings is 1. The first kappa shape index (κ1) is 24.1. The molecule has 0 aromatic heterocycles. The van der Waals surface area contributed by atoms with Gasteiger partial charge in [0.25, 0.3) is 5.24 Å². The fraction of sp³-hybridized carbons (Fsp3) is 0.524. The number of amides is 1. The first-order chi connectivity index (χ1) is 14.4. The highest BCUT2D eigenvalue weighted by Gasteiger charge is 2.31. The third-order valence-electron chi connectivity index (χ3n) is 5.07. The Morgan fingerprint density at radius 2 is 2.00 bits per heavy atom. The lowest BCUT2D eigenvalue weighted by atomic mass is 9.95. The van der Waals surface area contributed by atoms with Crippen LogP contribution in [0.3, 0.4) is 0 Å². The van der Waals surface area contributed by atoms with Gasteiger partial charge in [-0.25, -0.2) is 0 Å². The molecule has 2 aliphatic rings. The number of aliphatic hydroxyl groups is 1. The highest BCUT2D eigenvalue weighted by Crippen LogP contribution is 2.33. The van der Waals surface area contributed by atoms with E-state index in [1.807, 2.05) is 6.08 Å². The van der Waals surface area contributed by atoms with E-state index in [1.54, 1.807) is 13.8 Å². The number of nitrogens with one attached hydrogen (secondary N) is 1. The fourth-order valence-electron chi connectivity index (χ4n) is 3.42. The van der Waals surface area contributed by atoms with Crippen molar-refractivity contribution in [3.8, 4) is 0 Å². The predicted octanol–water partition coefficient (Wildman–Crippen LogP) is 5.08. The number of halogens is 4. The largest absolute Gasteiger partial charge is 0.416 e. The van der Waals surface area contributed by atoms with E-state index in [0.717, 1.165) is 54.7 Å². The van der Waals surface area contributed by atoms with E-state index in [4.69, 9.17) is 11.6 Å². The Morgan fingerprint density at radius 1 is 1.32 bits per heavy atom. The van der Waals surface area contributed by atoms with Crippen molar-refractivity contribution in [3.05, 3.63) is 45.3 Å². The van der Waals surface area contributed by atoms with Crippen molar-refractivity contribution in [2.24, 2.45) is 10.9 Å². The molecule has 1 amide bonds. The number of hydrogen-bond acceptors (Lipinski definition) is 5. The van der Waals surface area contributed by atoms with Gasteiger partial charge in [0.05, 0.1) is 22.6 Å². The Hall–Kier alpha value is -1.55. The molecule has 3 rings (SSSR count). The lowest BCUT2D eigenvalue weighted by Crippen LogP contribution is -2.33. The van der Waals surface area contributed by atoms with Gasteiger partial charge in [0, 0.05) is 11.6 Å². The topological polar surface area (TPSA) is 64.9 Å². The van der Waals surface area contributed by atoms with Gasteiger partial charge in [0.2, 0.25) is 0 Å². The summed E-state index contributed by atoms with van der Waals surface area (Å²) in [5.74, 6) is 0.762. The van der Waals surface area contributed by atoms with Crippen LogP contribution in [0.2, 0.25) is 5.02 Å². The zero-order valence-electron chi connectivity index (χ0n) is 17.3. The Kier molecular flexibility index (Phi) is 7.40. The quantitative estimate of drug-likeness (QED) is 0.623. The average Bonchev–Trinajstić information content (AvgIpc) is 3.01. The second kappa shape index (κ2) is 9.52. The predicted molar refractivity (Wildman–Crippen MR) is 117 cm³/mol. The number of allylic oxidation sites excluding steroid dienone is 1. The van der Waals surface area contributed by atoms with Crippen LogP contribution in [0.1, 0.15) is 37.8 Å². The van der Waals surface area contributed by atoms with Gasteiger partial charge in [0.15, 0.2) is 0 Å². The summed E-state index contributed by atoms with van der Waals surface area (Å²) in [7, 11) is 0. The number of aliphatic imine (C=N–C) groups is 1. The van der Waals surface area contributed by atoms with Gasteiger partial charge in [-0.3, -0.25) is 14.7 Å². The molecule has 1 aromatic carbocycles. The van der Waals surface area contributed by atoms with Gasteiger partial charge in [-0.2, -0.15) is 13.2 Å². The van der Waals surface area contributed by atoms with E-state index >= 15 is 0 Å². The van der Waals surface area contributed by atoms with E-state index in [-0.39, 0.29) is 22.7 Å². The summed E-state index contributed by atoms with van der Waals surface area (Å²) < 4.78 is 38.4. The van der Waals surface area contributed by atoms with Crippen LogP contribution in [0.4, 0.5) is 18.0 Å². The van der Waals surface area contributed by atoms with Crippen LogP contribution in [0.25, 0.3) is 0 Å². The van der Waals surface area contributed by atoms with E-state index in [0.29, 0.717) is 17.9 Å². The molecule has 0 unspecified atom stereocenters. The number of likely N-dealkylation sites (tertiary alicyclic amines) is 1. The molecule has 1 aromatic rings. The summed E-state index contributed by atoms with van der Waals surface area (Å²) in [4.78, 5) is 19.1. The molecule has 170 valence electrons. The maximum absolute atomic E-state index is 12.8. The van der Waals surface area contributed by atoms with Crippen LogP contribution in [0, 0.1) is 5.92 Å². The van der Waals surface area contributed by atoms with Crippen LogP contribution >= 0.6 is 23.4 Å². The third kappa shape index (κ3) is 6.97. The molecule has 0 radical (unpaired) electrons. The van der Waals surface area contributed by atoms with Gasteiger partial charge < -0.3 is 10.4 Å². The number of rotatable bonds is 5. The molecule has 10 heteroatoms. The van der Waals surface area contributed by atoms with Crippen LogP contribution in [0.15, 0.2) is 34.2 Å². The van der Waals surface area contributed by atoms with Crippen molar-refractivity contribution in [1.29, 1.82) is 0 Å². The van der Waals surface area contributed by atoms with Crippen LogP contribution in [0.5, 0.6) is 0 Å². The third-order valence-corrected chi connectivity index (χ3v) is 6.26. The molecule has 0 aliphatic carbocycles. The van der Waals surface area contributed by atoms with Crippen LogP contribution in [-0.4, -0.2) is 46.3 Å². The highest BCUT2D eigenvalue weighted by atomic mass is 35.5. The number of carbonyl (C=O) groups excluding carboxylic acids is 1. The number of hydrogen-bond donors (Lipinski definition) is 2. The van der Waals surface area contributed by atoms with Crippen molar-refractivity contribution >= 4 is 34.4 Å². The van der Waals surface area contributed by atoms with Gasteiger partial charge in [0.1, 0.15) is 5.84 Å². The molecule has 0 saturated carbocycles. The van der Waals surface area contributed by atoms with Gasteiger partial charge in [-0.1, -0.05) is 23.7 Å². The second-order valence-corrected chi connectivity index (χ2v) is 9.86. The number of amidine groups is 1. The van der Waals surface area contributed by atoms with Crippen molar-refractivity contribution in [2.75, 3.05) is 19.6 Å². The summed E-state index contributed by atoms with van der Waals surface area (Å²) in [5.41, 5.74) is -1.03. The molecule has 0 bridgehead atoms. The molecule has 5 nitrogen and oxygen atoms in total. The van der Waals surface area contributed by atoms with Crippen molar-refractivity contribution in [1.82, 2.24) is 10.2 Å². The monoisotopic (exact) mass is 475 g/mol. The first-order valence-corrected chi connectivity index (χ1v) is 11.2. The fourth-order valence-corrected chi connectivity index (χ4v) is 4.48. The van der Waals surface area contributed by atoms with Gasteiger partial charge >= 0.3 is 6.18 Å². The van der Waals surface area contributed by atoms with Gasteiger partial charge in [-0.15, -0.1) is 0 Å². The average molecular weight is 476 g/mol. The number of alkyl halides is 3. The molecule has 0 spiro atoms.